The second-order valence-electron chi connectivity index (χ2n) is 3.02. The lowest BCUT2D eigenvalue weighted by molar-refractivity contribution is -0.00137. The molecule has 1 aromatic carbocycles. The fourth-order valence-corrected chi connectivity index (χ4v) is 1.35. The van der Waals surface area contributed by atoms with E-state index in [1.807, 2.05) is 0 Å². The van der Waals surface area contributed by atoms with Crippen molar-refractivity contribution < 1.29 is 22.3 Å². The second kappa shape index (κ2) is 5.87. The number of ether oxygens (including phenoxy) is 1. The maximum Gasteiger partial charge on any atom is 0.277 e. The summed E-state index contributed by atoms with van der Waals surface area (Å²) in [5.74, 6) is -1.02. The van der Waals surface area contributed by atoms with Crippen molar-refractivity contribution in [1.82, 2.24) is 0 Å². The van der Waals surface area contributed by atoms with E-state index in [0.717, 1.165) is 12.1 Å². The van der Waals surface area contributed by atoms with Gasteiger partial charge in [0.05, 0.1) is 10.0 Å². The molecule has 0 saturated carbocycles. The van der Waals surface area contributed by atoms with Crippen LogP contribution < -0.4 is 4.74 Å². The lowest BCUT2D eigenvalue weighted by Crippen LogP contribution is -2.27. The molecular weight excluding hydrogens is 306 g/mol. The number of hydrogen-bond acceptors (Lipinski definition) is 2. The first-order chi connectivity index (χ1) is 7.99. The van der Waals surface area contributed by atoms with Gasteiger partial charge in [0.2, 0.25) is 0 Å². The molecule has 0 aliphatic rings. The first kappa shape index (κ1) is 13.8. The Labute approximate surface area is 103 Å². The van der Waals surface area contributed by atoms with Gasteiger partial charge in [0.1, 0.15) is 24.3 Å². The third-order valence-corrected chi connectivity index (χ3v) is 2.46. The molecule has 0 aliphatic carbocycles. The SMILES string of the molecule is N#Cc1cc(F)c(Br)cc1O[C@@H](CF)C(F)F. The van der Waals surface area contributed by atoms with Crippen molar-refractivity contribution in [3.05, 3.63) is 28.0 Å². The van der Waals surface area contributed by atoms with E-state index in [1.54, 1.807) is 6.07 Å². The number of benzene rings is 1. The summed E-state index contributed by atoms with van der Waals surface area (Å²) in [5, 5.41) is 8.66. The van der Waals surface area contributed by atoms with Crippen LogP contribution in [0.5, 0.6) is 5.75 Å². The van der Waals surface area contributed by atoms with Crippen molar-refractivity contribution in [2.24, 2.45) is 0 Å². The summed E-state index contributed by atoms with van der Waals surface area (Å²) in [6.07, 6.45) is -5.00. The lowest BCUT2D eigenvalue weighted by Gasteiger charge is -2.16. The van der Waals surface area contributed by atoms with Crippen molar-refractivity contribution in [2.75, 3.05) is 6.67 Å². The fraction of sp³-hybridized carbons (Fsp3) is 0.300. The Bertz CT molecular complexity index is 447. The maximum absolute atomic E-state index is 13.0. The van der Waals surface area contributed by atoms with Gasteiger partial charge in [0.15, 0.2) is 6.10 Å². The summed E-state index contributed by atoms with van der Waals surface area (Å²) in [6.45, 7) is -1.41. The fourth-order valence-electron chi connectivity index (χ4n) is 1.03. The molecule has 17 heavy (non-hydrogen) atoms. The van der Waals surface area contributed by atoms with Gasteiger partial charge in [0, 0.05) is 0 Å². The molecule has 0 unspecified atom stereocenters. The van der Waals surface area contributed by atoms with Gasteiger partial charge in [-0.25, -0.2) is 17.6 Å². The minimum Gasteiger partial charge on any atom is -0.480 e. The Morgan fingerprint density at radius 2 is 2.06 bits per heavy atom. The number of hydrogen-bond donors (Lipinski definition) is 0. The highest BCUT2D eigenvalue weighted by Gasteiger charge is 2.24. The lowest BCUT2D eigenvalue weighted by atomic mass is 10.2. The zero-order valence-electron chi connectivity index (χ0n) is 8.26. The highest BCUT2D eigenvalue weighted by atomic mass is 79.9. The molecule has 0 amide bonds. The Balaban J connectivity index is 3.05. The van der Waals surface area contributed by atoms with Crippen LogP contribution in [0.2, 0.25) is 0 Å². The van der Waals surface area contributed by atoms with Gasteiger partial charge in [-0.05, 0) is 28.1 Å². The van der Waals surface area contributed by atoms with Crippen LogP contribution in [0.4, 0.5) is 17.6 Å². The minimum atomic E-state index is -3.03. The Kier molecular flexibility index (Phi) is 4.75. The average Bonchev–Trinajstić information content (AvgIpc) is 2.29. The highest BCUT2D eigenvalue weighted by molar-refractivity contribution is 9.10. The van der Waals surface area contributed by atoms with Crippen molar-refractivity contribution in [3.8, 4) is 11.8 Å². The van der Waals surface area contributed by atoms with Crippen LogP contribution >= 0.6 is 15.9 Å². The number of halogens is 5. The van der Waals surface area contributed by atoms with Crippen molar-refractivity contribution >= 4 is 15.9 Å². The number of alkyl halides is 3. The molecule has 0 N–H and O–H groups in total. The molecule has 1 aromatic rings. The molecule has 0 aliphatic heterocycles. The largest absolute Gasteiger partial charge is 0.480 e. The van der Waals surface area contributed by atoms with E-state index in [2.05, 4.69) is 20.7 Å². The molecular formula is C10H6BrF4NO. The van der Waals surface area contributed by atoms with E-state index < -0.39 is 25.0 Å². The Morgan fingerprint density at radius 1 is 1.41 bits per heavy atom. The third-order valence-electron chi connectivity index (χ3n) is 1.85. The first-order valence-electron chi connectivity index (χ1n) is 4.39. The van der Waals surface area contributed by atoms with Gasteiger partial charge < -0.3 is 4.74 Å². The smallest absolute Gasteiger partial charge is 0.277 e. The van der Waals surface area contributed by atoms with Crippen LogP contribution in [0, 0.1) is 17.1 Å². The van der Waals surface area contributed by atoms with Crippen LogP contribution in [0.15, 0.2) is 16.6 Å². The van der Waals surface area contributed by atoms with Crippen LogP contribution in [-0.2, 0) is 0 Å². The predicted octanol–water partition coefficient (Wildman–Crippen LogP) is 3.44. The maximum atomic E-state index is 13.0. The van der Waals surface area contributed by atoms with Gasteiger partial charge in [-0.3, -0.25) is 0 Å². The standard InChI is InChI=1S/C10H6BrF4NO/c11-6-2-8(5(4-16)1-7(6)13)17-9(3-12)10(14)15/h1-2,9-10H,3H2/t9-/m0/s1. The molecule has 2 nitrogen and oxygen atoms in total. The molecule has 0 aromatic heterocycles. The van der Waals surface area contributed by atoms with Gasteiger partial charge in [-0.15, -0.1) is 0 Å². The van der Waals surface area contributed by atoms with E-state index in [-0.39, 0.29) is 15.8 Å². The molecule has 0 bridgehead atoms. The molecule has 0 radical (unpaired) electrons. The van der Waals surface area contributed by atoms with E-state index in [9.17, 15) is 17.6 Å². The number of nitrogens with zero attached hydrogens (tertiary/aromatic N) is 1. The molecule has 0 fully saturated rings. The summed E-state index contributed by atoms with van der Waals surface area (Å²) in [6, 6.07) is 3.41. The predicted molar refractivity (Wildman–Crippen MR) is 55.2 cm³/mol. The van der Waals surface area contributed by atoms with E-state index in [0.29, 0.717) is 0 Å². The summed E-state index contributed by atoms with van der Waals surface area (Å²) >= 11 is 2.81. The van der Waals surface area contributed by atoms with Gasteiger partial charge in [-0.2, -0.15) is 5.26 Å². The molecule has 7 heteroatoms. The van der Waals surface area contributed by atoms with E-state index in [1.165, 1.54) is 0 Å². The number of nitriles is 1. The van der Waals surface area contributed by atoms with E-state index >= 15 is 0 Å². The van der Waals surface area contributed by atoms with Crippen molar-refractivity contribution in [2.45, 2.75) is 12.5 Å². The molecule has 0 saturated heterocycles. The molecule has 1 atom stereocenters. The zero-order chi connectivity index (χ0) is 13.0. The minimum absolute atomic E-state index is 0.0571. The van der Waals surface area contributed by atoms with Crippen LogP contribution in [0.1, 0.15) is 5.56 Å². The summed E-state index contributed by atoms with van der Waals surface area (Å²) < 4.78 is 54.4. The van der Waals surface area contributed by atoms with Crippen LogP contribution in [0.3, 0.4) is 0 Å². The monoisotopic (exact) mass is 311 g/mol. The second-order valence-corrected chi connectivity index (χ2v) is 3.87. The molecule has 92 valence electrons. The Hall–Kier alpha value is -1.29. The molecule has 0 spiro atoms. The van der Waals surface area contributed by atoms with Crippen molar-refractivity contribution in [1.29, 1.82) is 5.26 Å². The Morgan fingerprint density at radius 3 is 2.53 bits per heavy atom. The molecule has 0 heterocycles. The number of rotatable bonds is 4. The normalized spacial score (nSPS) is 12.3. The summed E-state index contributed by atoms with van der Waals surface area (Å²) in [5.41, 5.74) is -0.273. The highest BCUT2D eigenvalue weighted by Crippen LogP contribution is 2.27. The first-order valence-corrected chi connectivity index (χ1v) is 5.18. The van der Waals surface area contributed by atoms with Crippen LogP contribution in [0.25, 0.3) is 0 Å². The summed E-state index contributed by atoms with van der Waals surface area (Å²) in [7, 11) is 0. The van der Waals surface area contributed by atoms with Crippen molar-refractivity contribution in [3.63, 3.8) is 0 Å². The summed E-state index contributed by atoms with van der Waals surface area (Å²) in [4.78, 5) is 0. The van der Waals surface area contributed by atoms with Gasteiger partial charge >= 0.3 is 0 Å². The quantitative estimate of drug-likeness (QED) is 0.798. The average molecular weight is 312 g/mol. The third kappa shape index (κ3) is 3.33. The molecule has 1 rings (SSSR count). The zero-order valence-corrected chi connectivity index (χ0v) is 9.85. The topological polar surface area (TPSA) is 33.0 Å². The van der Waals surface area contributed by atoms with Gasteiger partial charge in [-0.1, -0.05) is 0 Å². The van der Waals surface area contributed by atoms with E-state index in [4.69, 9.17) is 5.26 Å². The van der Waals surface area contributed by atoms with Gasteiger partial charge in [0.25, 0.3) is 6.43 Å². The van der Waals surface area contributed by atoms with Crippen LogP contribution in [-0.4, -0.2) is 19.2 Å².